The molecule has 1 unspecified atom stereocenters. The summed E-state index contributed by atoms with van der Waals surface area (Å²) in [6.07, 6.45) is 6.57. The SMILES string of the molecule is NCC1CCCCCN1c1ncc(Cl)cc1Br. The molecule has 0 spiro atoms. The molecule has 17 heavy (non-hydrogen) atoms. The van der Waals surface area contributed by atoms with Gasteiger partial charge in [-0.2, -0.15) is 0 Å². The van der Waals surface area contributed by atoms with Gasteiger partial charge in [-0.1, -0.05) is 24.4 Å². The smallest absolute Gasteiger partial charge is 0.143 e. The predicted octanol–water partition coefficient (Wildman–Crippen LogP) is 3.21. The van der Waals surface area contributed by atoms with Gasteiger partial charge >= 0.3 is 0 Å². The Balaban J connectivity index is 2.28. The van der Waals surface area contributed by atoms with Crippen LogP contribution in [0.15, 0.2) is 16.7 Å². The van der Waals surface area contributed by atoms with E-state index in [1.54, 1.807) is 6.20 Å². The lowest BCUT2D eigenvalue weighted by Gasteiger charge is -2.30. The highest BCUT2D eigenvalue weighted by atomic mass is 79.9. The molecule has 3 nitrogen and oxygen atoms in total. The second-order valence-corrected chi connectivity index (χ2v) is 5.68. The van der Waals surface area contributed by atoms with Gasteiger partial charge in [0.05, 0.1) is 9.50 Å². The molecule has 2 rings (SSSR count). The quantitative estimate of drug-likeness (QED) is 0.910. The van der Waals surface area contributed by atoms with E-state index in [9.17, 15) is 0 Å². The van der Waals surface area contributed by atoms with Gasteiger partial charge in [-0.05, 0) is 34.8 Å². The maximum Gasteiger partial charge on any atom is 0.143 e. The summed E-state index contributed by atoms with van der Waals surface area (Å²) in [5.41, 5.74) is 5.87. The fourth-order valence-electron chi connectivity index (χ4n) is 2.32. The van der Waals surface area contributed by atoms with Crippen molar-refractivity contribution in [2.24, 2.45) is 5.73 Å². The molecule has 1 atom stereocenters. The maximum absolute atomic E-state index is 5.92. The number of hydrogen-bond acceptors (Lipinski definition) is 3. The van der Waals surface area contributed by atoms with Crippen molar-refractivity contribution in [1.82, 2.24) is 4.98 Å². The van der Waals surface area contributed by atoms with E-state index in [2.05, 4.69) is 25.8 Å². The van der Waals surface area contributed by atoms with Gasteiger partial charge in [0.15, 0.2) is 0 Å². The van der Waals surface area contributed by atoms with Gasteiger partial charge in [0, 0.05) is 25.3 Å². The molecule has 1 aliphatic rings. The minimum absolute atomic E-state index is 0.391. The Kier molecular flexibility index (Phi) is 4.65. The van der Waals surface area contributed by atoms with Crippen molar-refractivity contribution >= 4 is 33.3 Å². The molecular formula is C12H17BrClN3. The van der Waals surface area contributed by atoms with Crippen LogP contribution in [0.25, 0.3) is 0 Å². The molecular weight excluding hydrogens is 302 g/mol. The van der Waals surface area contributed by atoms with Crippen LogP contribution in [0.5, 0.6) is 0 Å². The lowest BCUT2D eigenvalue weighted by atomic mass is 10.1. The van der Waals surface area contributed by atoms with Crippen molar-refractivity contribution in [2.45, 2.75) is 31.7 Å². The van der Waals surface area contributed by atoms with Crippen LogP contribution in [0.3, 0.4) is 0 Å². The van der Waals surface area contributed by atoms with Crippen LogP contribution >= 0.6 is 27.5 Å². The van der Waals surface area contributed by atoms with Crippen LogP contribution in [0.4, 0.5) is 5.82 Å². The number of anilines is 1. The van der Waals surface area contributed by atoms with Crippen LogP contribution in [-0.2, 0) is 0 Å². The highest BCUT2D eigenvalue weighted by molar-refractivity contribution is 9.10. The molecule has 2 heterocycles. The van der Waals surface area contributed by atoms with E-state index >= 15 is 0 Å². The zero-order valence-electron chi connectivity index (χ0n) is 9.70. The van der Waals surface area contributed by atoms with Gasteiger partial charge in [0.1, 0.15) is 5.82 Å². The molecule has 2 N–H and O–H groups in total. The lowest BCUT2D eigenvalue weighted by Crippen LogP contribution is -2.40. The second-order valence-electron chi connectivity index (χ2n) is 4.39. The average Bonchev–Trinajstić information content (AvgIpc) is 2.54. The Bertz CT molecular complexity index is 386. The molecule has 5 heteroatoms. The normalized spacial score (nSPS) is 21.4. The van der Waals surface area contributed by atoms with E-state index in [-0.39, 0.29) is 0 Å². The molecule has 0 bridgehead atoms. The van der Waals surface area contributed by atoms with Gasteiger partial charge in [-0.3, -0.25) is 0 Å². The Morgan fingerprint density at radius 3 is 3.00 bits per heavy atom. The van der Waals surface area contributed by atoms with Gasteiger partial charge in [0.2, 0.25) is 0 Å². The van der Waals surface area contributed by atoms with Gasteiger partial charge in [-0.15, -0.1) is 0 Å². The largest absolute Gasteiger partial charge is 0.351 e. The zero-order chi connectivity index (χ0) is 12.3. The van der Waals surface area contributed by atoms with Crippen LogP contribution in [0.1, 0.15) is 25.7 Å². The number of nitrogens with two attached hydrogens (primary N) is 1. The first-order chi connectivity index (χ1) is 8.22. The molecule has 1 fully saturated rings. The van der Waals surface area contributed by atoms with Crippen LogP contribution in [0.2, 0.25) is 5.02 Å². The van der Waals surface area contributed by atoms with Crippen LogP contribution in [-0.4, -0.2) is 24.1 Å². The molecule has 0 saturated carbocycles. The molecule has 0 aromatic carbocycles. The van der Waals surface area contributed by atoms with Crippen LogP contribution < -0.4 is 10.6 Å². The standard InChI is InChI=1S/C12H17BrClN3/c13-11-6-9(14)8-16-12(11)17-5-3-1-2-4-10(17)7-15/h6,8,10H,1-5,7,15H2. The van der Waals surface area contributed by atoms with E-state index in [1.807, 2.05) is 6.07 Å². The lowest BCUT2D eigenvalue weighted by molar-refractivity contribution is 0.575. The molecule has 94 valence electrons. The summed E-state index contributed by atoms with van der Waals surface area (Å²) in [5, 5.41) is 0.653. The van der Waals surface area contributed by atoms with E-state index in [1.165, 1.54) is 19.3 Å². The predicted molar refractivity (Wildman–Crippen MR) is 75.6 cm³/mol. The van der Waals surface area contributed by atoms with Crippen molar-refractivity contribution in [2.75, 3.05) is 18.0 Å². The van der Waals surface area contributed by atoms with E-state index < -0.39 is 0 Å². The van der Waals surface area contributed by atoms with Crippen LogP contribution in [0, 0.1) is 0 Å². The molecule has 0 aliphatic carbocycles. The fraction of sp³-hybridized carbons (Fsp3) is 0.583. The van der Waals surface area contributed by atoms with Gasteiger partial charge < -0.3 is 10.6 Å². The number of pyridine rings is 1. The Hall–Kier alpha value is -0.320. The highest BCUT2D eigenvalue weighted by Crippen LogP contribution is 2.30. The summed E-state index contributed by atoms with van der Waals surface area (Å²) in [6.45, 7) is 1.70. The third-order valence-electron chi connectivity index (χ3n) is 3.21. The Morgan fingerprint density at radius 2 is 2.29 bits per heavy atom. The van der Waals surface area contributed by atoms with Gasteiger partial charge in [-0.25, -0.2) is 4.98 Å². The van der Waals surface area contributed by atoms with Gasteiger partial charge in [0.25, 0.3) is 0 Å². The average molecular weight is 319 g/mol. The molecule has 0 radical (unpaired) electrons. The third kappa shape index (κ3) is 3.12. The number of nitrogens with zero attached hydrogens (tertiary/aromatic N) is 2. The summed E-state index contributed by atoms with van der Waals surface area (Å²) in [7, 11) is 0. The monoisotopic (exact) mass is 317 g/mol. The topological polar surface area (TPSA) is 42.1 Å². The van der Waals surface area contributed by atoms with Crippen molar-refractivity contribution in [3.8, 4) is 0 Å². The summed E-state index contributed by atoms with van der Waals surface area (Å²) in [6, 6.07) is 2.28. The third-order valence-corrected chi connectivity index (χ3v) is 4.00. The maximum atomic E-state index is 5.92. The van der Waals surface area contributed by atoms with E-state index in [4.69, 9.17) is 17.3 Å². The number of halogens is 2. The summed E-state index contributed by atoms with van der Waals surface area (Å²) in [4.78, 5) is 6.75. The fourth-order valence-corrected chi connectivity index (χ4v) is 3.19. The first-order valence-corrected chi connectivity index (χ1v) is 7.17. The minimum Gasteiger partial charge on any atom is -0.351 e. The summed E-state index contributed by atoms with van der Waals surface area (Å²) >= 11 is 9.46. The van der Waals surface area contributed by atoms with Crippen molar-refractivity contribution < 1.29 is 0 Å². The number of hydrogen-bond donors (Lipinski definition) is 1. The second kappa shape index (κ2) is 6.03. The van der Waals surface area contributed by atoms with Crippen molar-refractivity contribution in [3.05, 3.63) is 21.8 Å². The number of rotatable bonds is 2. The molecule has 0 amide bonds. The molecule has 1 aromatic rings. The molecule has 1 aromatic heterocycles. The Labute approximate surface area is 115 Å². The van der Waals surface area contributed by atoms with Crippen molar-refractivity contribution in [1.29, 1.82) is 0 Å². The van der Waals surface area contributed by atoms with Crippen molar-refractivity contribution in [3.63, 3.8) is 0 Å². The van der Waals surface area contributed by atoms with E-state index in [0.717, 1.165) is 23.3 Å². The van der Waals surface area contributed by atoms with E-state index in [0.29, 0.717) is 17.6 Å². The summed E-state index contributed by atoms with van der Waals surface area (Å²) < 4.78 is 0.949. The zero-order valence-corrected chi connectivity index (χ0v) is 12.0. The Morgan fingerprint density at radius 1 is 1.47 bits per heavy atom. The first-order valence-electron chi connectivity index (χ1n) is 6.00. The molecule has 1 aliphatic heterocycles. The first kappa shape index (κ1) is 13.1. The molecule has 1 saturated heterocycles. The number of aromatic nitrogens is 1. The minimum atomic E-state index is 0.391. The summed E-state index contributed by atoms with van der Waals surface area (Å²) in [5.74, 6) is 0.965. The highest BCUT2D eigenvalue weighted by Gasteiger charge is 2.22.